The number of alkyl halides is 1. The van der Waals surface area contributed by atoms with E-state index in [1.807, 2.05) is 6.92 Å². The van der Waals surface area contributed by atoms with Crippen LogP contribution in [0.15, 0.2) is 29.8 Å². The van der Waals surface area contributed by atoms with Crippen molar-refractivity contribution in [1.29, 1.82) is 0 Å². The van der Waals surface area contributed by atoms with Crippen LogP contribution in [0.4, 0.5) is 4.39 Å². The second-order valence-electron chi connectivity index (χ2n) is 4.47. The molecule has 0 fully saturated rings. The predicted molar refractivity (Wildman–Crippen MR) is 72.7 cm³/mol. The molecule has 0 aliphatic carbocycles. The van der Waals surface area contributed by atoms with Gasteiger partial charge in [-0.25, -0.2) is 4.39 Å². The lowest BCUT2D eigenvalue weighted by Crippen LogP contribution is -2.11. The molecule has 0 bridgehead atoms. The van der Waals surface area contributed by atoms with Gasteiger partial charge in [-0.05, 0) is 30.0 Å². The van der Waals surface area contributed by atoms with Gasteiger partial charge in [0, 0.05) is 0 Å². The Balaban J connectivity index is 2.92. The molecule has 104 valence electrons. The molecule has 0 saturated carbocycles. The third-order valence-corrected chi connectivity index (χ3v) is 3.14. The van der Waals surface area contributed by atoms with Crippen LogP contribution in [-0.4, -0.2) is 29.0 Å². The van der Waals surface area contributed by atoms with Gasteiger partial charge >= 0.3 is 5.97 Å². The second-order valence-corrected chi connectivity index (χ2v) is 4.47. The van der Waals surface area contributed by atoms with Crippen LogP contribution in [0, 0.1) is 0 Å². The van der Waals surface area contributed by atoms with E-state index in [2.05, 4.69) is 0 Å². The third kappa shape index (κ3) is 4.17. The molecule has 0 radical (unpaired) electrons. The van der Waals surface area contributed by atoms with Crippen molar-refractivity contribution < 1.29 is 19.4 Å². The number of benzene rings is 1. The Morgan fingerprint density at radius 2 is 1.95 bits per heavy atom. The van der Waals surface area contributed by atoms with Crippen molar-refractivity contribution in [3.63, 3.8) is 0 Å². The van der Waals surface area contributed by atoms with Gasteiger partial charge in [-0.3, -0.25) is 4.79 Å². The predicted octanol–water partition coefficient (Wildman–Crippen LogP) is 3.00. The molecule has 0 amide bonds. The fourth-order valence-corrected chi connectivity index (χ4v) is 1.77. The van der Waals surface area contributed by atoms with Crippen LogP contribution >= 0.6 is 0 Å². The van der Waals surface area contributed by atoms with Crippen molar-refractivity contribution in [2.75, 3.05) is 6.67 Å². The number of aliphatic carboxylic acids is 1. The fraction of sp³-hybridized carbons (Fsp3) is 0.400. The Morgan fingerprint density at radius 1 is 1.37 bits per heavy atom. The lowest BCUT2D eigenvalue weighted by Gasteiger charge is -2.10. The Hall–Kier alpha value is -1.68. The minimum atomic E-state index is -1.07. The Bertz CT molecular complexity index is 451. The van der Waals surface area contributed by atoms with Crippen molar-refractivity contribution in [2.45, 2.75) is 32.3 Å². The van der Waals surface area contributed by atoms with E-state index in [9.17, 15) is 14.3 Å². The zero-order valence-corrected chi connectivity index (χ0v) is 11.1. The number of hydrogen-bond donors (Lipinski definition) is 2. The van der Waals surface area contributed by atoms with Crippen LogP contribution in [0.3, 0.4) is 0 Å². The van der Waals surface area contributed by atoms with E-state index in [1.165, 1.54) is 0 Å². The lowest BCUT2D eigenvalue weighted by atomic mass is 9.98. The first-order chi connectivity index (χ1) is 8.99. The molecule has 0 saturated heterocycles. The Labute approximate surface area is 112 Å². The van der Waals surface area contributed by atoms with Crippen molar-refractivity contribution in [3.8, 4) is 0 Å². The van der Waals surface area contributed by atoms with Gasteiger partial charge in [0.1, 0.15) is 12.8 Å². The standard InChI is InChI=1S/C15H19FO3/c1-3-12(14(17)9-16)8-11-4-6-13(7-5-11)10(2)15(18)19/h4-8,10,14,17H,3,9H2,1-2H3,(H,18,19). The molecule has 0 aliphatic heterocycles. The zero-order valence-electron chi connectivity index (χ0n) is 11.1. The summed E-state index contributed by atoms with van der Waals surface area (Å²) in [5, 5.41) is 18.4. The molecular weight excluding hydrogens is 247 g/mol. The van der Waals surface area contributed by atoms with Crippen LogP contribution in [0.25, 0.3) is 6.08 Å². The monoisotopic (exact) mass is 266 g/mol. The maximum absolute atomic E-state index is 12.4. The molecule has 2 unspecified atom stereocenters. The number of carboxylic acids is 1. The summed E-state index contributed by atoms with van der Waals surface area (Å²) in [7, 11) is 0. The maximum Gasteiger partial charge on any atom is 0.310 e. The quantitative estimate of drug-likeness (QED) is 0.832. The van der Waals surface area contributed by atoms with E-state index in [0.29, 0.717) is 17.6 Å². The lowest BCUT2D eigenvalue weighted by molar-refractivity contribution is -0.138. The summed E-state index contributed by atoms with van der Waals surface area (Å²) < 4.78 is 12.4. The number of carbonyl (C=O) groups is 1. The third-order valence-electron chi connectivity index (χ3n) is 3.14. The summed E-state index contributed by atoms with van der Waals surface area (Å²) in [4.78, 5) is 10.9. The normalized spacial score (nSPS) is 15.1. The van der Waals surface area contributed by atoms with Crippen LogP contribution in [0.2, 0.25) is 0 Å². The van der Waals surface area contributed by atoms with Crippen molar-refractivity contribution in [2.24, 2.45) is 0 Å². The number of aliphatic hydroxyl groups is 1. The molecule has 2 atom stereocenters. The molecule has 3 nitrogen and oxygen atoms in total. The fourth-order valence-electron chi connectivity index (χ4n) is 1.77. The Kier molecular flexibility index (Phi) is 5.70. The first kappa shape index (κ1) is 15.4. The summed E-state index contributed by atoms with van der Waals surface area (Å²) in [6, 6.07) is 7.02. The highest BCUT2D eigenvalue weighted by Gasteiger charge is 2.13. The van der Waals surface area contributed by atoms with E-state index in [-0.39, 0.29) is 0 Å². The largest absolute Gasteiger partial charge is 0.481 e. The minimum absolute atomic E-state index is 0.555. The SMILES string of the molecule is CCC(=Cc1ccc(C(C)C(=O)O)cc1)C(O)CF. The Morgan fingerprint density at radius 3 is 2.37 bits per heavy atom. The molecule has 0 heterocycles. The van der Waals surface area contributed by atoms with E-state index in [4.69, 9.17) is 5.11 Å². The molecular formula is C15H19FO3. The summed E-state index contributed by atoms with van der Waals surface area (Å²) in [5.41, 5.74) is 2.17. The van der Waals surface area contributed by atoms with Gasteiger partial charge in [0.15, 0.2) is 0 Å². The molecule has 2 N–H and O–H groups in total. The van der Waals surface area contributed by atoms with E-state index in [0.717, 1.165) is 5.56 Å². The van der Waals surface area contributed by atoms with Crippen molar-refractivity contribution in [3.05, 3.63) is 41.0 Å². The van der Waals surface area contributed by atoms with Gasteiger partial charge in [-0.2, -0.15) is 0 Å². The first-order valence-electron chi connectivity index (χ1n) is 6.26. The van der Waals surface area contributed by atoms with Crippen LogP contribution < -0.4 is 0 Å². The summed E-state index contributed by atoms with van der Waals surface area (Å²) in [6.45, 7) is 2.68. The number of aliphatic hydroxyl groups excluding tert-OH is 1. The van der Waals surface area contributed by atoms with E-state index >= 15 is 0 Å². The average Bonchev–Trinajstić information content (AvgIpc) is 2.43. The van der Waals surface area contributed by atoms with Crippen molar-refractivity contribution >= 4 is 12.0 Å². The number of rotatable bonds is 6. The average molecular weight is 266 g/mol. The van der Waals surface area contributed by atoms with E-state index < -0.39 is 24.7 Å². The van der Waals surface area contributed by atoms with E-state index in [1.54, 1.807) is 37.3 Å². The first-order valence-corrected chi connectivity index (χ1v) is 6.26. The van der Waals surface area contributed by atoms with Gasteiger partial charge in [0.25, 0.3) is 0 Å². The molecule has 1 aromatic carbocycles. The minimum Gasteiger partial charge on any atom is -0.481 e. The van der Waals surface area contributed by atoms with Gasteiger partial charge in [-0.1, -0.05) is 37.3 Å². The van der Waals surface area contributed by atoms with Crippen LogP contribution in [0.5, 0.6) is 0 Å². The molecule has 0 aromatic heterocycles. The van der Waals surface area contributed by atoms with Gasteiger partial charge in [-0.15, -0.1) is 0 Å². The molecule has 0 aliphatic rings. The highest BCUT2D eigenvalue weighted by atomic mass is 19.1. The summed E-state index contributed by atoms with van der Waals surface area (Å²) in [6.07, 6.45) is 1.24. The molecule has 1 aromatic rings. The summed E-state index contributed by atoms with van der Waals surface area (Å²) in [5.74, 6) is -1.43. The van der Waals surface area contributed by atoms with Crippen LogP contribution in [-0.2, 0) is 4.79 Å². The van der Waals surface area contributed by atoms with Crippen molar-refractivity contribution in [1.82, 2.24) is 0 Å². The number of halogens is 1. The van der Waals surface area contributed by atoms with Gasteiger partial charge in [0.2, 0.25) is 0 Å². The molecule has 19 heavy (non-hydrogen) atoms. The molecule has 0 spiro atoms. The molecule has 1 rings (SSSR count). The van der Waals surface area contributed by atoms with Crippen LogP contribution in [0.1, 0.15) is 37.3 Å². The second kappa shape index (κ2) is 7.04. The smallest absolute Gasteiger partial charge is 0.310 e. The van der Waals surface area contributed by atoms with Gasteiger partial charge in [0.05, 0.1) is 5.92 Å². The molecule has 4 heteroatoms. The topological polar surface area (TPSA) is 57.5 Å². The van der Waals surface area contributed by atoms with Gasteiger partial charge < -0.3 is 10.2 Å². The number of hydrogen-bond acceptors (Lipinski definition) is 2. The number of carboxylic acid groups (broad SMARTS) is 1. The highest BCUT2D eigenvalue weighted by molar-refractivity contribution is 5.75. The zero-order chi connectivity index (χ0) is 14.4. The highest BCUT2D eigenvalue weighted by Crippen LogP contribution is 2.19. The summed E-state index contributed by atoms with van der Waals surface area (Å²) >= 11 is 0. The maximum atomic E-state index is 12.4.